The maximum Gasteiger partial charge on any atom is 0.260 e. The Bertz CT molecular complexity index is 643. The van der Waals surface area contributed by atoms with Gasteiger partial charge in [-0.1, -0.05) is 38.2 Å². The third kappa shape index (κ3) is 3.37. The number of rotatable bonds is 5. The Labute approximate surface area is 141 Å². The number of aliphatic imine (C=N–C) groups is 1. The second kappa shape index (κ2) is 6.79. The molecule has 0 aromatic heterocycles. The van der Waals surface area contributed by atoms with Crippen LogP contribution in [0, 0.1) is 11.7 Å². The minimum absolute atomic E-state index is 0.0802. The standard InChI is InChI=1S/C18H24FN3O2/c1-22-16(23)18(21-17(22)20,11-13-6-3-2-4-7-13)12-24-15-9-5-8-14(19)10-15/h5,8-10,13H,2-4,6-7,11-12H2,1H3,(H2,20,21). The fraction of sp³-hybridized carbons (Fsp3) is 0.556. The van der Waals surface area contributed by atoms with Gasteiger partial charge in [-0.2, -0.15) is 0 Å². The molecule has 1 unspecified atom stereocenters. The van der Waals surface area contributed by atoms with Crippen LogP contribution < -0.4 is 10.5 Å². The van der Waals surface area contributed by atoms with Crippen LogP contribution in [0.1, 0.15) is 38.5 Å². The largest absolute Gasteiger partial charge is 0.490 e. The smallest absolute Gasteiger partial charge is 0.260 e. The number of likely N-dealkylation sites (N-methyl/N-ethyl adjacent to an activating group) is 1. The molecule has 2 N–H and O–H groups in total. The van der Waals surface area contributed by atoms with Gasteiger partial charge in [0.1, 0.15) is 18.2 Å². The SMILES string of the molecule is CN1C(=O)C(COc2cccc(F)c2)(CC2CCCCC2)N=C1N. The van der Waals surface area contributed by atoms with Crippen molar-refractivity contribution in [3.8, 4) is 5.75 Å². The molecule has 1 heterocycles. The number of carbonyl (C=O) groups is 1. The molecule has 6 heteroatoms. The van der Waals surface area contributed by atoms with Gasteiger partial charge in [-0.3, -0.25) is 9.69 Å². The van der Waals surface area contributed by atoms with Crippen LogP contribution in [0.15, 0.2) is 29.3 Å². The zero-order valence-corrected chi connectivity index (χ0v) is 14.0. The molecule has 24 heavy (non-hydrogen) atoms. The number of guanidine groups is 1. The maximum atomic E-state index is 13.3. The predicted molar refractivity (Wildman–Crippen MR) is 90.2 cm³/mol. The molecule has 0 saturated heterocycles. The predicted octanol–water partition coefficient (Wildman–Crippen LogP) is 2.70. The van der Waals surface area contributed by atoms with Gasteiger partial charge in [0.2, 0.25) is 0 Å². The van der Waals surface area contributed by atoms with Gasteiger partial charge in [-0.25, -0.2) is 9.38 Å². The Morgan fingerprint density at radius 2 is 2.12 bits per heavy atom. The average molecular weight is 333 g/mol. The number of hydrogen-bond donors (Lipinski definition) is 1. The first kappa shape index (κ1) is 16.7. The van der Waals surface area contributed by atoms with E-state index in [1.54, 1.807) is 19.2 Å². The first-order chi connectivity index (χ1) is 11.5. The second-order valence-corrected chi connectivity index (χ2v) is 6.82. The number of halogens is 1. The van der Waals surface area contributed by atoms with Crippen molar-refractivity contribution in [3.05, 3.63) is 30.1 Å². The van der Waals surface area contributed by atoms with Gasteiger partial charge in [0.05, 0.1) is 0 Å². The van der Waals surface area contributed by atoms with Gasteiger partial charge in [-0.15, -0.1) is 0 Å². The molecule has 3 rings (SSSR count). The molecule has 1 atom stereocenters. The highest BCUT2D eigenvalue weighted by Crippen LogP contribution is 2.36. The molecule has 1 amide bonds. The van der Waals surface area contributed by atoms with Crippen molar-refractivity contribution in [1.82, 2.24) is 4.90 Å². The fourth-order valence-corrected chi connectivity index (χ4v) is 3.67. The lowest BCUT2D eigenvalue weighted by atomic mass is 9.79. The summed E-state index contributed by atoms with van der Waals surface area (Å²) in [4.78, 5) is 18.6. The number of carbonyl (C=O) groups excluding carboxylic acids is 1. The Morgan fingerprint density at radius 1 is 1.38 bits per heavy atom. The maximum absolute atomic E-state index is 13.3. The molecule has 5 nitrogen and oxygen atoms in total. The topological polar surface area (TPSA) is 67.9 Å². The molecule has 0 bridgehead atoms. The summed E-state index contributed by atoms with van der Waals surface area (Å²) in [6.07, 6.45) is 6.47. The Balaban J connectivity index is 1.78. The molecule has 1 aromatic rings. The summed E-state index contributed by atoms with van der Waals surface area (Å²) in [5, 5.41) is 0. The molecule has 0 radical (unpaired) electrons. The molecule has 1 fully saturated rings. The van der Waals surface area contributed by atoms with Gasteiger partial charge < -0.3 is 10.5 Å². The van der Waals surface area contributed by atoms with Crippen molar-refractivity contribution in [3.63, 3.8) is 0 Å². The Morgan fingerprint density at radius 3 is 2.75 bits per heavy atom. The number of amides is 1. The van der Waals surface area contributed by atoms with Crippen LogP contribution in [0.3, 0.4) is 0 Å². The van der Waals surface area contributed by atoms with E-state index in [9.17, 15) is 9.18 Å². The molecule has 1 aromatic carbocycles. The highest BCUT2D eigenvalue weighted by Gasteiger charge is 2.48. The summed E-state index contributed by atoms with van der Waals surface area (Å²) in [7, 11) is 1.63. The zero-order chi connectivity index (χ0) is 17.2. The number of nitrogens with two attached hydrogens (primary N) is 1. The van der Waals surface area contributed by atoms with Crippen molar-refractivity contribution in [1.29, 1.82) is 0 Å². The van der Waals surface area contributed by atoms with E-state index in [1.165, 1.54) is 36.3 Å². The summed E-state index contributed by atoms with van der Waals surface area (Å²) in [6, 6.07) is 5.92. The molecular weight excluding hydrogens is 309 g/mol. The van der Waals surface area contributed by atoms with Crippen LogP contribution in [0.5, 0.6) is 5.75 Å². The van der Waals surface area contributed by atoms with E-state index >= 15 is 0 Å². The van der Waals surface area contributed by atoms with Crippen LogP contribution in [-0.4, -0.2) is 36.0 Å². The van der Waals surface area contributed by atoms with Gasteiger partial charge >= 0.3 is 0 Å². The average Bonchev–Trinajstić information content (AvgIpc) is 2.78. The van der Waals surface area contributed by atoms with E-state index in [0.717, 1.165) is 12.8 Å². The monoisotopic (exact) mass is 333 g/mol. The third-order valence-electron chi connectivity index (χ3n) is 5.00. The van der Waals surface area contributed by atoms with Crippen molar-refractivity contribution in [2.45, 2.75) is 44.1 Å². The minimum atomic E-state index is -0.993. The zero-order valence-electron chi connectivity index (χ0n) is 14.0. The van der Waals surface area contributed by atoms with Crippen molar-refractivity contribution in [2.75, 3.05) is 13.7 Å². The van der Waals surface area contributed by atoms with Crippen LogP contribution in [0.2, 0.25) is 0 Å². The molecule has 1 aliphatic heterocycles. The second-order valence-electron chi connectivity index (χ2n) is 6.82. The quantitative estimate of drug-likeness (QED) is 0.901. The molecular formula is C18H24FN3O2. The van der Waals surface area contributed by atoms with Gasteiger partial charge in [-0.05, 0) is 24.5 Å². The van der Waals surface area contributed by atoms with Crippen molar-refractivity contribution < 1.29 is 13.9 Å². The van der Waals surface area contributed by atoms with E-state index in [-0.39, 0.29) is 24.3 Å². The molecule has 1 aliphatic carbocycles. The van der Waals surface area contributed by atoms with E-state index < -0.39 is 5.54 Å². The fourth-order valence-electron chi connectivity index (χ4n) is 3.67. The van der Waals surface area contributed by atoms with Crippen molar-refractivity contribution >= 4 is 11.9 Å². The highest BCUT2D eigenvalue weighted by atomic mass is 19.1. The van der Waals surface area contributed by atoms with Crippen molar-refractivity contribution in [2.24, 2.45) is 16.6 Å². The third-order valence-corrected chi connectivity index (χ3v) is 5.00. The van der Waals surface area contributed by atoms with E-state index in [0.29, 0.717) is 18.1 Å². The first-order valence-corrected chi connectivity index (χ1v) is 8.52. The summed E-state index contributed by atoms with van der Waals surface area (Å²) < 4.78 is 19.1. The first-order valence-electron chi connectivity index (χ1n) is 8.52. The lowest BCUT2D eigenvalue weighted by molar-refractivity contribution is -0.132. The van der Waals surface area contributed by atoms with Gasteiger partial charge in [0.25, 0.3) is 5.91 Å². The summed E-state index contributed by atoms with van der Waals surface area (Å²) in [6.45, 7) is 0.0802. The lowest BCUT2D eigenvalue weighted by Gasteiger charge is -2.31. The van der Waals surface area contributed by atoms with Crippen LogP contribution >= 0.6 is 0 Å². The summed E-state index contributed by atoms with van der Waals surface area (Å²) in [5.74, 6) is 0.559. The lowest BCUT2D eigenvalue weighted by Crippen LogP contribution is -2.47. The molecule has 1 saturated carbocycles. The Hall–Kier alpha value is -2.11. The van der Waals surface area contributed by atoms with Crippen LogP contribution in [-0.2, 0) is 4.79 Å². The number of benzene rings is 1. The number of nitrogens with zero attached hydrogens (tertiary/aromatic N) is 2. The highest BCUT2D eigenvalue weighted by molar-refractivity contribution is 6.06. The Kier molecular flexibility index (Phi) is 4.73. The minimum Gasteiger partial charge on any atom is -0.490 e. The molecule has 2 aliphatic rings. The van der Waals surface area contributed by atoms with Gasteiger partial charge in [0, 0.05) is 13.1 Å². The number of ether oxygens (including phenoxy) is 1. The normalized spacial score (nSPS) is 25.0. The number of hydrogen-bond acceptors (Lipinski definition) is 4. The molecule has 130 valence electrons. The van der Waals surface area contributed by atoms with E-state index in [4.69, 9.17) is 10.5 Å². The summed E-state index contributed by atoms with van der Waals surface area (Å²) >= 11 is 0. The van der Waals surface area contributed by atoms with Crippen LogP contribution in [0.4, 0.5) is 4.39 Å². The van der Waals surface area contributed by atoms with Crippen LogP contribution in [0.25, 0.3) is 0 Å². The summed E-state index contributed by atoms with van der Waals surface area (Å²) in [5.41, 5.74) is 4.89. The van der Waals surface area contributed by atoms with E-state index in [2.05, 4.69) is 4.99 Å². The van der Waals surface area contributed by atoms with E-state index in [1.807, 2.05) is 0 Å². The molecule has 0 spiro atoms. The van der Waals surface area contributed by atoms with Gasteiger partial charge in [0.15, 0.2) is 11.5 Å².